The smallest absolute Gasteiger partial charge is 0.414 e. The summed E-state index contributed by atoms with van der Waals surface area (Å²) < 4.78 is 18.3. The number of benzene rings is 3. The summed E-state index contributed by atoms with van der Waals surface area (Å²) in [6.07, 6.45) is -0.121. The quantitative estimate of drug-likeness (QED) is 0.150. The molecule has 0 saturated heterocycles. The standard InChI is InChI=1S/C32H24BClN2O6S/c34-24-11-12-29-23(13-24)14-25(42-29)16-36-30(37)27-20-43-19-26(27)28(35-36)15-33(31(38)40-17-21-7-3-1-4-8-21)32(39)41-18-22-9-5-2-6-10-22/h1-14,19-20H,15-18H2. The van der Waals surface area contributed by atoms with Crippen molar-refractivity contribution in [2.75, 3.05) is 0 Å². The molecule has 0 aliphatic carbocycles. The van der Waals surface area contributed by atoms with Crippen LogP contribution in [0.4, 0.5) is 9.59 Å². The van der Waals surface area contributed by atoms with Crippen LogP contribution in [0.25, 0.3) is 21.7 Å². The summed E-state index contributed by atoms with van der Waals surface area (Å²) in [7, 11) is 0. The van der Waals surface area contributed by atoms with E-state index in [-0.39, 0.29) is 31.6 Å². The molecule has 0 saturated carbocycles. The molecule has 0 fully saturated rings. The summed E-state index contributed by atoms with van der Waals surface area (Å²) in [5.41, 5.74) is 2.28. The van der Waals surface area contributed by atoms with Crippen LogP contribution >= 0.6 is 22.9 Å². The number of furan rings is 1. The highest BCUT2D eigenvalue weighted by atomic mass is 35.5. The van der Waals surface area contributed by atoms with E-state index >= 15 is 0 Å². The average molecular weight is 611 g/mol. The second kappa shape index (κ2) is 12.7. The van der Waals surface area contributed by atoms with E-state index in [0.717, 1.165) is 16.5 Å². The topological polar surface area (TPSA) is 101 Å². The van der Waals surface area contributed by atoms with Gasteiger partial charge in [0.15, 0.2) is 0 Å². The van der Waals surface area contributed by atoms with E-state index in [9.17, 15) is 14.4 Å². The van der Waals surface area contributed by atoms with Crippen LogP contribution in [0.1, 0.15) is 22.6 Å². The van der Waals surface area contributed by atoms with Gasteiger partial charge in [-0.3, -0.25) is 14.4 Å². The van der Waals surface area contributed by atoms with E-state index < -0.39 is 18.5 Å². The summed E-state index contributed by atoms with van der Waals surface area (Å²) in [6.45, 7) is -1.26. The number of carbonyl (C=O) groups excluding carboxylic acids is 2. The molecule has 6 aromatic rings. The van der Waals surface area contributed by atoms with E-state index in [0.29, 0.717) is 32.8 Å². The van der Waals surface area contributed by atoms with Crippen molar-refractivity contribution in [3.63, 3.8) is 0 Å². The number of carbonyl (C=O) groups is 2. The fourth-order valence-corrected chi connectivity index (χ4v) is 5.75. The molecule has 43 heavy (non-hydrogen) atoms. The largest absolute Gasteiger partial charge is 0.468 e. The second-order valence-electron chi connectivity index (χ2n) is 9.95. The third-order valence-electron chi connectivity index (χ3n) is 6.93. The Bertz CT molecular complexity index is 1920. The molecule has 214 valence electrons. The van der Waals surface area contributed by atoms with Gasteiger partial charge in [0, 0.05) is 26.6 Å². The molecular weight excluding hydrogens is 587 g/mol. The van der Waals surface area contributed by atoms with Gasteiger partial charge in [-0.05, 0) is 41.7 Å². The second-order valence-corrected chi connectivity index (χ2v) is 11.1. The van der Waals surface area contributed by atoms with E-state index in [4.69, 9.17) is 25.5 Å². The number of hydrogen-bond donors (Lipinski definition) is 0. The van der Waals surface area contributed by atoms with Crippen LogP contribution in [0, 0.1) is 0 Å². The normalized spacial score (nSPS) is 11.1. The third-order valence-corrected chi connectivity index (χ3v) is 7.91. The molecule has 0 spiro atoms. The van der Waals surface area contributed by atoms with E-state index in [1.54, 1.807) is 35.0 Å². The van der Waals surface area contributed by atoms with E-state index in [1.807, 2.05) is 60.7 Å². The highest BCUT2D eigenvalue weighted by molar-refractivity contribution is 7.10. The Balaban J connectivity index is 1.30. The SMILES string of the molecule is O=C(OCc1ccccc1)B(Cc1nn(Cc2cc3cc(Cl)ccc3o2)c(=O)c2cscc12)C(=O)OCc1ccccc1. The Labute approximate surface area is 255 Å². The van der Waals surface area contributed by atoms with Crippen molar-refractivity contribution in [3.8, 4) is 0 Å². The molecular formula is C32H24BClN2O6S. The Morgan fingerprint density at radius 1 is 0.860 bits per heavy atom. The number of fused-ring (bicyclic) bond motifs is 2. The van der Waals surface area contributed by atoms with Gasteiger partial charge in [0.25, 0.3) is 17.3 Å². The summed E-state index contributed by atoms with van der Waals surface area (Å²) >= 11 is 7.45. The van der Waals surface area contributed by atoms with Gasteiger partial charge in [0.1, 0.15) is 31.1 Å². The van der Waals surface area contributed by atoms with Crippen LogP contribution in [0.5, 0.6) is 0 Å². The van der Waals surface area contributed by atoms with Gasteiger partial charge in [-0.1, -0.05) is 72.3 Å². The maximum Gasteiger partial charge on any atom is 0.414 e. The van der Waals surface area contributed by atoms with Gasteiger partial charge in [0.05, 0.1) is 11.1 Å². The number of halogens is 1. The van der Waals surface area contributed by atoms with Gasteiger partial charge < -0.3 is 13.9 Å². The van der Waals surface area contributed by atoms with Gasteiger partial charge >= 0.3 is 6.71 Å². The van der Waals surface area contributed by atoms with Crippen LogP contribution in [0.2, 0.25) is 5.02 Å². The summed E-state index contributed by atoms with van der Waals surface area (Å²) in [6, 6.07) is 25.5. The maximum absolute atomic E-state index is 13.4. The summed E-state index contributed by atoms with van der Waals surface area (Å²) in [5, 5.41) is 10.5. The lowest BCUT2D eigenvalue weighted by Crippen LogP contribution is -2.40. The zero-order valence-corrected chi connectivity index (χ0v) is 24.3. The molecule has 8 nitrogen and oxygen atoms in total. The fourth-order valence-electron chi connectivity index (χ4n) is 4.74. The van der Waals surface area contributed by atoms with Crippen LogP contribution in [0.3, 0.4) is 0 Å². The van der Waals surface area contributed by atoms with E-state index in [2.05, 4.69) is 5.10 Å². The first kappa shape index (κ1) is 28.5. The Morgan fingerprint density at radius 3 is 2.14 bits per heavy atom. The first-order valence-electron chi connectivity index (χ1n) is 13.5. The molecule has 0 bridgehead atoms. The molecule has 0 radical (unpaired) electrons. The number of thiophene rings is 1. The van der Waals surface area contributed by atoms with Crippen LogP contribution < -0.4 is 5.56 Å². The van der Waals surface area contributed by atoms with Gasteiger partial charge in [-0.15, -0.1) is 0 Å². The maximum atomic E-state index is 13.4. The minimum Gasteiger partial charge on any atom is -0.468 e. The third kappa shape index (κ3) is 6.55. The molecule has 0 unspecified atom stereocenters. The van der Waals surface area contributed by atoms with Crippen LogP contribution in [-0.4, -0.2) is 28.2 Å². The Morgan fingerprint density at radius 2 is 1.49 bits per heavy atom. The lowest BCUT2D eigenvalue weighted by Gasteiger charge is -2.14. The number of hydrogen-bond acceptors (Lipinski definition) is 8. The van der Waals surface area contributed by atoms with Crippen molar-refractivity contribution in [2.45, 2.75) is 26.1 Å². The molecule has 3 aromatic carbocycles. The average Bonchev–Trinajstić information content (AvgIpc) is 3.68. The highest BCUT2D eigenvalue weighted by Gasteiger charge is 2.38. The van der Waals surface area contributed by atoms with Crippen molar-refractivity contribution in [3.05, 3.63) is 134 Å². The summed E-state index contributed by atoms with van der Waals surface area (Å²) in [4.78, 5) is 40.1. The molecule has 3 aromatic heterocycles. The van der Waals surface area contributed by atoms with Crippen molar-refractivity contribution in [1.82, 2.24) is 9.78 Å². The minimum atomic E-state index is -1.30. The number of ether oxygens (including phenoxy) is 2. The van der Waals surface area contributed by atoms with Gasteiger partial charge in [0.2, 0.25) is 0 Å². The predicted molar refractivity (Wildman–Crippen MR) is 167 cm³/mol. The molecule has 6 rings (SSSR count). The van der Waals surface area contributed by atoms with E-state index in [1.165, 1.54) is 16.0 Å². The minimum absolute atomic E-state index is 0.000996. The van der Waals surface area contributed by atoms with Crippen LogP contribution in [0.15, 0.2) is 105 Å². The fraction of sp³-hybridized carbons (Fsp3) is 0.125. The molecule has 0 aliphatic heterocycles. The lowest BCUT2D eigenvalue weighted by atomic mass is 9.46. The molecule has 0 amide bonds. The molecule has 11 heteroatoms. The summed E-state index contributed by atoms with van der Waals surface area (Å²) in [5.74, 6) is -0.966. The van der Waals surface area contributed by atoms with Crippen molar-refractivity contribution >= 4 is 63.1 Å². The van der Waals surface area contributed by atoms with Crippen molar-refractivity contribution in [1.29, 1.82) is 0 Å². The number of aromatic nitrogens is 2. The van der Waals surface area contributed by atoms with Gasteiger partial charge in [-0.25, -0.2) is 4.68 Å². The first-order valence-corrected chi connectivity index (χ1v) is 14.8. The lowest BCUT2D eigenvalue weighted by molar-refractivity contribution is 0.155. The molecule has 0 atom stereocenters. The van der Waals surface area contributed by atoms with Crippen LogP contribution in [-0.2, 0) is 35.6 Å². The molecule has 3 heterocycles. The highest BCUT2D eigenvalue weighted by Crippen LogP contribution is 2.25. The van der Waals surface area contributed by atoms with Crippen molar-refractivity contribution < 1.29 is 23.5 Å². The first-order chi connectivity index (χ1) is 20.9. The number of nitrogens with zero attached hydrogens (tertiary/aromatic N) is 2. The zero-order valence-electron chi connectivity index (χ0n) is 22.8. The monoisotopic (exact) mass is 610 g/mol. The van der Waals surface area contributed by atoms with Gasteiger partial charge in [-0.2, -0.15) is 16.4 Å². The van der Waals surface area contributed by atoms with Crippen molar-refractivity contribution in [2.24, 2.45) is 0 Å². The molecule has 0 N–H and O–H groups in total. The predicted octanol–water partition coefficient (Wildman–Crippen LogP) is 7.32. The zero-order chi connectivity index (χ0) is 29.8. The molecule has 0 aliphatic rings. The Hall–Kier alpha value is -4.67. The Kier molecular flexibility index (Phi) is 8.39. The number of rotatable bonds is 10.